The SMILES string of the molecule is COc1ccc2c(c1)C[C@@H](NCCOC[C@@H]1CCCO1)CC2. The molecule has 0 unspecified atom stereocenters. The van der Waals surface area contributed by atoms with E-state index in [1.54, 1.807) is 7.11 Å². The van der Waals surface area contributed by atoms with Crippen LogP contribution in [-0.2, 0) is 22.3 Å². The van der Waals surface area contributed by atoms with Crippen molar-refractivity contribution >= 4 is 0 Å². The van der Waals surface area contributed by atoms with Crippen molar-refractivity contribution in [3.8, 4) is 5.75 Å². The van der Waals surface area contributed by atoms with Crippen LogP contribution >= 0.6 is 0 Å². The van der Waals surface area contributed by atoms with Gasteiger partial charge in [0.05, 0.1) is 26.4 Å². The Morgan fingerprint density at radius 1 is 1.27 bits per heavy atom. The second kappa shape index (κ2) is 7.95. The van der Waals surface area contributed by atoms with Gasteiger partial charge in [-0.25, -0.2) is 0 Å². The quantitative estimate of drug-likeness (QED) is 0.785. The second-order valence-electron chi connectivity index (χ2n) is 6.24. The van der Waals surface area contributed by atoms with Crippen molar-refractivity contribution in [1.82, 2.24) is 5.32 Å². The average Bonchev–Trinajstić information content (AvgIpc) is 3.07. The van der Waals surface area contributed by atoms with Gasteiger partial charge in [-0.3, -0.25) is 0 Å². The van der Waals surface area contributed by atoms with Crippen LogP contribution in [0.15, 0.2) is 18.2 Å². The van der Waals surface area contributed by atoms with Crippen molar-refractivity contribution in [3.63, 3.8) is 0 Å². The van der Waals surface area contributed by atoms with Crippen LogP contribution in [0.25, 0.3) is 0 Å². The number of benzene rings is 1. The zero-order valence-corrected chi connectivity index (χ0v) is 13.5. The molecule has 1 aromatic rings. The summed E-state index contributed by atoms with van der Waals surface area (Å²) in [7, 11) is 1.73. The molecule has 4 nitrogen and oxygen atoms in total. The molecule has 0 amide bonds. The summed E-state index contributed by atoms with van der Waals surface area (Å²) in [5.41, 5.74) is 2.89. The highest BCUT2D eigenvalue weighted by atomic mass is 16.5. The topological polar surface area (TPSA) is 39.7 Å². The fourth-order valence-corrected chi connectivity index (χ4v) is 3.36. The summed E-state index contributed by atoms with van der Waals surface area (Å²) in [6.45, 7) is 3.32. The third kappa shape index (κ3) is 4.22. The van der Waals surface area contributed by atoms with Crippen LogP contribution in [-0.4, -0.2) is 45.6 Å². The number of hydrogen-bond donors (Lipinski definition) is 1. The standard InChI is InChI=1S/C18H27NO3/c1-20-17-7-5-14-4-6-16(11-15(14)12-17)19-8-10-21-13-18-3-2-9-22-18/h5,7,12,16,18-19H,2-4,6,8-11,13H2,1H3/t16-,18-/m0/s1. The maximum absolute atomic E-state index is 5.71. The van der Waals surface area contributed by atoms with E-state index in [1.165, 1.54) is 24.0 Å². The minimum atomic E-state index is 0.328. The molecule has 1 aromatic carbocycles. The molecule has 2 aliphatic rings. The summed E-state index contributed by atoms with van der Waals surface area (Å²) >= 11 is 0. The predicted molar refractivity (Wildman–Crippen MR) is 86.6 cm³/mol. The van der Waals surface area contributed by atoms with Gasteiger partial charge in [0.1, 0.15) is 5.75 Å². The Hall–Kier alpha value is -1.10. The highest BCUT2D eigenvalue weighted by Crippen LogP contribution is 2.25. The summed E-state index contributed by atoms with van der Waals surface area (Å²) in [4.78, 5) is 0. The van der Waals surface area contributed by atoms with Crippen molar-refractivity contribution in [3.05, 3.63) is 29.3 Å². The molecule has 1 fully saturated rings. The van der Waals surface area contributed by atoms with Gasteiger partial charge in [0.2, 0.25) is 0 Å². The van der Waals surface area contributed by atoms with Crippen LogP contribution in [0.1, 0.15) is 30.4 Å². The van der Waals surface area contributed by atoms with E-state index in [-0.39, 0.29) is 0 Å². The maximum atomic E-state index is 5.71. The molecular weight excluding hydrogens is 278 g/mol. The molecule has 4 heteroatoms. The molecule has 1 aliphatic heterocycles. The lowest BCUT2D eigenvalue weighted by Crippen LogP contribution is -2.36. The van der Waals surface area contributed by atoms with Gasteiger partial charge in [0.15, 0.2) is 0 Å². The van der Waals surface area contributed by atoms with Gasteiger partial charge in [0.25, 0.3) is 0 Å². The van der Waals surface area contributed by atoms with Crippen molar-refractivity contribution in [1.29, 1.82) is 0 Å². The predicted octanol–water partition coefficient (Wildman–Crippen LogP) is 2.34. The monoisotopic (exact) mass is 305 g/mol. The summed E-state index contributed by atoms with van der Waals surface area (Å²) in [6.07, 6.45) is 6.08. The summed E-state index contributed by atoms with van der Waals surface area (Å²) in [6, 6.07) is 6.99. The summed E-state index contributed by atoms with van der Waals surface area (Å²) in [5, 5.41) is 3.62. The highest BCUT2D eigenvalue weighted by Gasteiger charge is 2.19. The molecule has 1 N–H and O–H groups in total. The van der Waals surface area contributed by atoms with Crippen LogP contribution in [0, 0.1) is 0 Å². The minimum Gasteiger partial charge on any atom is -0.497 e. The Balaban J connectivity index is 1.36. The molecule has 2 atom stereocenters. The van der Waals surface area contributed by atoms with Gasteiger partial charge in [-0.1, -0.05) is 6.07 Å². The number of fused-ring (bicyclic) bond motifs is 1. The Labute approximate surface area is 133 Å². The first-order valence-electron chi connectivity index (χ1n) is 8.43. The van der Waals surface area contributed by atoms with Crippen molar-refractivity contribution < 1.29 is 14.2 Å². The number of rotatable bonds is 7. The van der Waals surface area contributed by atoms with Crippen LogP contribution in [0.3, 0.4) is 0 Å². The molecule has 1 aliphatic carbocycles. The lowest BCUT2D eigenvalue weighted by atomic mass is 9.88. The Morgan fingerprint density at radius 3 is 3.05 bits per heavy atom. The first kappa shape index (κ1) is 15.8. The largest absolute Gasteiger partial charge is 0.497 e. The first-order valence-corrected chi connectivity index (χ1v) is 8.43. The molecule has 0 spiro atoms. The van der Waals surface area contributed by atoms with Crippen LogP contribution in [0.4, 0.5) is 0 Å². The Morgan fingerprint density at radius 2 is 2.23 bits per heavy atom. The molecular formula is C18H27NO3. The van der Waals surface area contributed by atoms with E-state index in [0.29, 0.717) is 12.1 Å². The molecule has 0 radical (unpaired) electrons. The van der Waals surface area contributed by atoms with Crippen molar-refractivity contribution in [2.75, 3.05) is 33.5 Å². The molecule has 1 heterocycles. The van der Waals surface area contributed by atoms with E-state index < -0.39 is 0 Å². The zero-order chi connectivity index (χ0) is 15.2. The third-order valence-electron chi connectivity index (χ3n) is 4.65. The normalized spacial score (nSPS) is 24.2. The zero-order valence-electron chi connectivity index (χ0n) is 13.5. The van der Waals surface area contributed by atoms with Crippen LogP contribution in [0.2, 0.25) is 0 Å². The van der Waals surface area contributed by atoms with Gasteiger partial charge >= 0.3 is 0 Å². The lowest BCUT2D eigenvalue weighted by Gasteiger charge is -2.26. The fourth-order valence-electron chi connectivity index (χ4n) is 3.36. The number of ether oxygens (including phenoxy) is 3. The van der Waals surface area contributed by atoms with E-state index in [4.69, 9.17) is 14.2 Å². The lowest BCUT2D eigenvalue weighted by molar-refractivity contribution is 0.0177. The summed E-state index contributed by atoms with van der Waals surface area (Å²) in [5.74, 6) is 0.958. The van der Waals surface area contributed by atoms with Gasteiger partial charge in [-0.05, 0) is 55.4 Å². The smallest absolute Gasteiger partial charge is 0.119 e. The third-order valence-corrected chi connectivity index (χ3v) is 4.65. The Kier molecular flexibility index (Phi) is 5.70. The molecule has 0 bridgehead atoms. The second-order valence-corrected chi connectivity index (χ2v) is 6.24. The van der Waals surface area contributed by atoms with Crippen LogP contribution in [0.5, 0.6) is 5.75 Å². The molecule has 22 heavy (non-hydrogen) atoms. The maximum Gasteiger partial charge on any atom is 0.119 e. The first-order chi connectivity index (χ1) is 10.8. The summed E-state index contributed by atoms with van der Waals surface area (Å²) < 4.78 is 16.6. The van der Waals surface area contributed by atoms with Gasteiger partial charge < -0.3 is 19.5 Å². The molecule has 0 aromatic heterocycles. The van der Waals surface area contributed by atoms with E-state index in [0.717, 1.165) is 51.4 Å². The number of methoxy groups -OCH3 is 1. The van der Waals surface area contributed by atoms with E-state index in [9.17, 15) is 0 Å². The Bertz CT molecular complexity index is 471. The average molecular weight is 305 g/mol. The van der Waals surface area contributed by atoms with Gasteiger partial charge in [0, 0.05) is 19.2 Å². The minimum absolute atomic E-state index is 0.328. The molecule has 0 saturated carbocycles. The van der Waals surface area contributed by atoms with E-state index >= 15 is 0 Å². The van der Waals surface area contributed by atoms with Gasteiger partial charge in [-0.15, -0.1) is 0 Å². The van der Waals surface area contributed by atoms with Crippen LogP contribution < -0.4 is 10.1 Å². The number of hydrogen-bond acceptors (Lipinski definition) is 4. The molecule has 1 saturated heterocycles. The molecule has 3 rings (SSSR count). The number of nitrogens with one attached hydrogen (secondary N) is 1. The highest BCUT2D eigenvalue weighted by molar-refractivity contribution is 5.37. The van der Waals surface area contributed by atoms with E-state index in [1.807, 2.05) is 0 Å². The van der Waals surface area contributed by atoms with Gasteiger partial charge in [-0.2, -0.15) is 0 Å². The number of aryl methyl sites for hydroxylation is 1. The van der Waals surface area contributed by atoms with Crippen molar-refractivity contribution in [2.45, 2.75) is 44.2 Å². The fraction of sp³-hybridized carbons (Fsp3) is 0.667. The molecule has 122 valence electrons. The van der Waals surface area contributed by atoms with Crippen molar-refractivity contribution in [2.24, 2.45) is 0 Å². The van der Waals surface area contributed by atoms with E-state index in [2.05, 4.69) is 23.5 Å².